The highest BCUT2D eigenvalue weighted by atomic mass is 19.1. The van der Waals surface area contributed by atoms with Crippen LogP contribution in [0.4, 0.5) is 10.1 Å². The Morgan fingerprint density at radius 3 is 3.24 bits per heavy atom. The summed E-state index contributed by atoms with van der Waals surface area (Å²) in [6.07, 6.45) is 8.43. The third-order valence-corrected chi connectivity index (χ3v) is 3.13. The van der Waals surface area contributed by atoms with Crippen molar-refractivity contribution >= 4 is 23.9 Å². The summed E-state index contributed by atoms with van der Waals surface area (Å²) in [6, 6.07) is 1.74. The van der Waals surface area contributed by atoms with Gasteiger partial charge < -0.3 is 14.7 Å². The summed E-state index contributed by atoms with van der Waals surface area (Å²) in [5.74, 6) is -0.347. The Balaban J connectivity index is 1.95. The number of amides is 1. The second-order valence-electron chi connectivity index (χ2n) is 4.47. The molecule has 0 radical (unpaired) electrons. The summed E-state index contributed by atoms with van der Waals surface area (Å²) < 4.78 is 17.3. The van der Waals surface area contributed by atoms with Crippen LogP contribution < -0.4 is 20.9 Å². The molecule has 2 aromatic heterocycles. The van der Waals surface area contributed by atoms with Crippen molar-refractivity contribution in [1.82, 2.24) is 15.5 Å². The number of rotatable bonds is 4. The minimum atomic E-state index is -0.602. The van der Waals surface area contributed by atoms with Crippen LogP contribution in [0.5, 0.6) is 0 Å². The molecule has 0 fully saturated rings. The topological polar surface area (TPSA) is 71.3 Å². The summed E-state index contributed by atoms with van der Waals surface area (Å²) >= 11 is 0. The summed E-state index contributed by atoms with van der Waals surface area (Å²) in [4.78, 5) is 17.9. The van der Waals surface area contributed by atoms with Gasteiger partial charge in [-0.2, -0.15) is 0 Å². The SMILES string of the molecule is O=C(NCCF)c1cnccc1N1C=c2cnoc2=CC1. The van der Waals surface area contributed by atoms with Crippen molar-refractivity contribution in [1.29, 1.82) is 0 Å². The molecule has 0 aliphatic carbocycles. The maximum atomic E-state index is 12.2. The molecule has 0 bridgehead atoms. The van der Waals surface area contributed by atoms with E-state index in [4.69, 9.17) is 4.52 Å². The van der Waals surface area contributed by atoms with Crippen LogP contribution in [0.25, 0.3) is 12.3 Å². The van der Waals surface area contributed by atoms with Gasteiger partial charge in [-0.1, -0.05) is 5.16 Å². The van der Waals surface area contributed by atoms with E-state index >= 15 is 0 Å². The van der Waals surface area contributed by atoms with Gasteiger partial charge in [-0.25, -0.2) is 4.39 Å². The third-order valence-electron chi connectivity index (χ3n) is 3.13. The number of anilines is 1. The van der Waals surface area contributed by atoms with Crippen LogP contribution in [0.2, 0.25) is 0 Å². The summed E-state index contributed by atoms with van der Waals surface area (Å²) in [6.45, 7) is -0.0661. The molecule has 0 aromatic carbocycles. The van der Waals surface area contributed by atoms with Gasteiger partial charge in [0, 0.05) is 31.7 Å². The lowest BCUT2D eigenvalue weighted by atomic mass is 10.2. The highest BCUT2D eigenvalue weighted by Gasteiger charge is 2.16. The first-order chi connectivity index (χ1) is 10.3. The van der Waals surface area contributed by atoms with Crippen LogP contribution in [-0.4, -0.2) is 35.8 Å². The number of nitrogens with zero attached hydrogens (tertiary/aromatic N) is 3. The second kappa shape index (κ2) is 5.74. The fraction of sp³-hybridized carbons (Fsp3) is 0.214. The van der Waals surface area contributed by atoms with Crippen LogP contribution in [0.1, 0.15) is 10.4 Å². The first kappa shape index (κ1) is 13.3. The van der Waals surface area contributed by atoms with Gasteiger partial charge in [0.1, 0.15) is 6.67 Å². The van der Waals surface area contributed by atoms with Crippen molar-refractivity contribution < 1.29 is 13.7 Å². The van der Waals surface area contributed by atoms with Gasteiger partial charge in [0.15, 0.2) is 5.42 Å². The molecule has 3 rings (SSSR count). The molecule has 21 heavy (non-hydrogen) atoms. The van der Waals surface area contributed by atoms with E-state index in [9.17, 15) is 9.18 Å². The van der Waals surface area contributed by atoms with Crippen molar-refractivity contribution in [3.63, 3.8) is 0 Å². The maximum absolute atomic E-state index is 12.2. The van der Waals surface area contributed by atoms with Gasteiger partial charge in [0.2, 0.25) is 0 Å². The molecule has 6 nitrogen and oxygen atoms in total. The normalized spacial score (nSPS) is 13.1. The minimum absolute atomic E-state index is 0.0151. The van der Waals surface area contributed by atoms with Crippen molar-refractivity contribution in [3.8, 4) is 0 Å². The third kappa shape index (κ3) is 2.62. The molecule has 1 N–H and O–H groups in total. The fourth-order valence-corrected chi connectivity index (χ4v) is 2.15. The number of hydrogen-bond acceptors (Lipinski definition) is 5. The van der Waals surface area contributed by atoms with Gasteiger partial charge in [-0.05, 0) is 12.1 Å². The molecule has 0 saturated heterocycles. The molecular formula is C14H13FN4O2. The second-order valence-corrected chi connectivity index (χ2v) is 4.47. The lowest BCUT2D eigenvalue weighted by molar-refractivity contribution is 0.0951. The molecule has 0 unspecified atom stereocenters. The van der Waals surface area contributed by atoms with Gasteiger partial charge in [-0.3, -0.25) is 9.78 Å². The Hall–Kier alpha value is -2.70. The molecule has 0 saturated carbocycles. The van der Waals surface area contributed by atoms with Crippen LogP contribution in [0.3, 0.4) is 0 Å². The number of carbonyl (C=O) groups is 1. The molecule has 0 spiro atoms. The summed E-state index contributed by atoms with van der Waals surface area (Å²) in [5, 5.41) is 7.08. The largest absolute Gasteiger partial charge is 0.357 e. The zero-order valence-electron chi connectivity index (χ0n) is 11.1. The van der Waals surface area contributed by atoms with Gasteiger partial charge in [-0.15, -0.1) is 0 Å². The molecule has 3 heterocycles. The van der Waals surface area contributed by atoms with E-state index < -0.39 is 6.67 Å². The first-order valence-corrected chi connectivity index (χ1v) is 6.47. The number of alkyl halides is 1. The number of hydrogen-bond donors (Lipinski definition) is 1. The van der Waals surface area contributed by atoms with Gasteiger partial charge in [0.05, 0.1) is 22.7 Å². The standard InChI is InChI=1S/C14H13FN4O2/c15-3-5-17-14(20)11-8-16-4-1-12(11)19-6-2-13-10(9-19)7-18-21-13/h1-2,4,7-9H,3,5-6H2,(H,17,20). The van der Waals surface area contributed by atoms with Crippen molar-refractivity contribution in [3.05, 3.63) is 40.9 Å². The number of nitrogens with one attached hydrogen (secondary N) is 1. The van der Waals surface area contributed by atoms with Crippen LogP contribution in [-0.2, 0) is 0 Å². The van der Waals surface area contributed by atoms with Crippen molar-refractivity contribution in [2.24, 2.45) is 0 Å². The number of aromatic nitrogens is 2. The monoisotopic (exact) mass is 288 g/mol. The Morgan fingerprint density at radius 1 is 1.48 bits per heavy atom. The average molecular weight is 288 g/mol. The number of fused-ring (bicyclic) bond motifs is 1. The minimum Gasteiger partial charge on any atom is -0.357 e. The Kier molecular flexibility index (Phi) is 3.63. The smallest absolute Gasteiger partial charge is 0.255 e. The van der Waals surface area contributed by atoms with E-state index in [2.05, 4.69) is 15.5 Å². The predicted octanol–water partition coefficient (Wildman–Crippen LogP) is -0.192. The summed E-state index contributed by atoms with van der Waals surface area (Å²) in [7, 11) is 0. The number of halogens is 1. The summed E-state index contributed by atoms with van der Waals surface area (Å²) in [5.41, 5.74) is 1.81. The van der Waals surface area contributed by atoms with Crippen LogP contribution in [0, 0.1) is 0 Å². The first-order valence-electron chi connectivity index (χ1n) is 6.47. The van der Waals surface area contributed by atoms with E-state index in [0.29, 0.717) is 23.2 Å². The lowest BCUT2D eigenvalue weighted by Crippen LogP contribution is -2.34. The van der Waals surface area contributed by atoms with Crippen LogP contribution in [0.15, 0.2) is 29.2 Å². The lowest BCUT2D eigenvalue weighted by Gasteiger charge is -2.22. The molecule has 7 heteroatoms. The van der Waals surface area contributed by atoms with Crippen molar-refractivity contribution in [2.75, 3.05) is 24.7 Å². The van der Waals surface area contributed by atoms with E-state index in [-0.39, 0.29) is 12.5 Å². The molecule has 0 atom stereocenters. The molecular weight excluding hydrogens is 275 g/mol. The van der Waals surface area contributed by atoms with Crippen molar-refractivity contribution in [2.45, 2.75) is 0 Å². The molecule has 1 aliphatic heterocycles. The van der Waals surface area contributed by atoms with E-state index in [1.807, 2.05) is 17.2 Å². The number of pyridine rings is 1. The van der Waals surface area contributed by atoms with Gasteiger partial charge in [0.25, 0.3) is 5.91 Å². The maximum Gasteiger partial charge on any atom is 0.255 e. The molecule has 1 amide bonds. The highest BCUT2D eigenvalue weighted by molar-refractivity contribution is 6.00. The Bertz CT molecular complexity index is 771. The fourth-order valence-electron chi connectivity index (χ4n) is 2.15. The molecule has 1 aliphatic rings. The zero-order chi connectivity index (χ0) is 14.7. The van der Waals surface area contributed by atoms with E-state index in [0.717, 1.165) is 5.22 Å². The zero-order valence-corrected chi connectivity index (χ0v) is 11.1. The van der Waals surface area contributed by atoms with E-state index in [1.54, 1.807) is 18.5 Å². The van der Waals surface area contributed by atoms with Crippen LogP contribution >= 0.6 is 0 Å². The Labute approximate surface area is 119 Å². The molecule has 108 valence electrons. The predicted molar refractivity (Wildman–Crippen MR) is 74.6 cm³/mol. The quantitative estimate of drug-likeness (QED) is 0.844. The van der Waals surface area contributed by atoms with E-state index in [1.165, 1.54) is 6.20 Å². The number of carbonyl (C=O) groups excluding carboxylic acids is 1. The Morgan fingerprint density at radius 2 is 2.38 bits per heavy atom. The van der Waals surface area contributed by atoms with Gasteiger partial charge >= 0.3 is 0 Å². The molecule has 2 aromatic rings. The highest BCUT2D eigenvalue weighted by Crippen LogP contribution is 2.20. The average Bonchev–Trinajstić information content (AvgIpc) is 3.00.